The van der Waals surface area contributed by atoms with Crippen LogP contribution in [-0.4, -0.2) is 25.1 Å². The lowest BCUT2D eigenvalue weighted by Crippen LogP contribution is -2.09. The summed E-state index contributed by atoms with van der Waals surface area (Å²) in [5.41, 5.74) is 1.06. The van der Waals surface area contributed by atoms with Crippen molar-refractivity contribution in [3.8, 4) is 0 Å². The van der Waals surface area contributed by atoms with E-state index in [0.717, 1.165) is 4.57 Å². The maximum atomic E-state index is 10.7. The highest BCUT2D eigenvalue weighted by molar-refractivity contribution is 7.04. The zero-order chi connectivity index (χ0) is 8.72. The molecule has 2 aromatic rings. The fraction of sp³-hybridized carbons (Fsp3) is 0.167. The SMILES string of the molecule is Cc1nc2csnc2n1C(=O)O. The molecule has 0 bridgehead atoms. The molecule has 1 N–H and O–H groups in total. The molecule has 0 atom stereocenters. The second-order valence-corrected chi connectivity index (χ2v) is 2.93. The Labute approximate surface area is 71.4 Å². The van der Waals surface area contributed by atoms with Gasteiger partial charge in [-0.05, 0) is 18.5 Å². The molecule has 0 spiro atoms. The number of hydrogen-bond donors (Lipinski definition) is 1. The van der Waals surface area contributed by atoms with Crippen LogP contribution in [-0.2, 0) is 0 Å². The van der Waals surface area contributed by atoms with Gasteiger partial charge in [-0.3, -0.25) is 0 Å². The van der Waals surface area contributed by atoms with Gasteiger partial charge in [0.2, 0.25) is 0 Å². The van der Waals surface area contributed by atoms with Gasteiger partial charge in [-0.2, -0.15) is 4.37 Å². The fourth-order valence-corrected chi connectivity index (χ4v) is 1.65. The molecule has 0 saturated carbocycles. The lowest BCUT2D eigenvalue weighted by Gasteiger charge is -1.94. The van der Waals surface area contributed by atoms with Gasteiger partial charge in [0.25, 0.3) is 0 Å². The van der Waals surface area contributed by atoms with E-state index < -0.39 is 6.09 Å². The molecule has 0 aliphatic rings. The molecule has 0 saturated heterocycles. The molecule has 0 aliphatic carbocycles. The Hall–Kier alpha value is -1.43. The quantitative estimate of drug-likeness (QED) is 0.669. The van der Waals surface area contributed by atoms with Gasteiger partial charge in [0.1, 0.15) is 11.3 Å². The summed E-state index contributed by atoms with van der Waals surface area (Å²) in [4.78, 5) is 14.7. The molecule has 0 aliphatic heterocycles. The normalized spacial score (nSPS) is 10.8. The van der Waals surface area contributed by atoms with E-state index >= 15 is 0 Å². The van der Waals surface area contributed by atoms with Gasteiger partial charge in [-0.15, -0.1) is 0 Å². The van der Waals surface area contributed by atoms with E-state index in [0.29, 0.717) is 17.0 Å². The van der Waals surface area contributed by atoms with Crippen molar-refractivity contribution in [3.05, 3.63) is 11.2 Å². The predicted molar refractivity (Wildman–Crippen MR) is 43.6 cm³/mol. The van der Waals surface area contributed by atoms with Crippen molar-refractivity contribution in [1.82, 2.24) is 13.9 Å². The summed E-state index contributed by atoms with van der Waals surface area (Å²) in [5.74, 6) is 0.452. The predicted octanol–water partition coefficient (Wildman–Crippen LogP) is 1.33. The van der Waals surface area contributed by atoms with Crippen LogP contribution in [0.2, 0.25) is 0 Å². The summed E-state index contributed by atoms with van der Waals surface area (Å²) in [6.07, 6.45) is -1.04. The number of nitrogens with zero attached hydrogens (tertiary/aromatic N) is 3. The first-order valence-electron chi connectivity index (χ1n) is 3.23. The van der Waals surface area contributed by atoms with E-state index in [-0.39, 0.29) is 0 Å². The van der Waals surface area contributed by atoms with Crippen molar-refractivity contribution in [3.63, 3.8) is 0 Å². The number of carboxylic acid groups (broad SMARTS) is 1. The number of rotatable bonds is 0. The largest absolute Gasteiger partial charge is 0.464 e. The van der Waals surface area contributed by atoms with Crippen LogP contribution in [0.1, 0.15) is 5.82 Å². The molecular formula is C6H5N3O2S. The van der Waals surface area contributed by atoms with Crippen LogP contribution in [0.3, 0.4) is 0 Å². The number of aryl methyl sites for hydroxylation is 1. The van der Waals surface area contributed by atoms with E-state index in [4.69, 9.17) is 5.11 Å². The first kappa shape index (κ1) is 7.23. The number of carbonyl (C=O) groups is 1. The Morgan fingerprint density at radius 3 is 3.17 bits per heavy atom. The number of imidazole rings is 1. The van der Waals surface area contributed by atoms with Gasteiger partial charge in [0.05, 0.1) is 0 Å². The molecule has 5 nitrogen and oxygen atoms in total. The maximum Gasteiger partial charge on any atom is 0.418 e. The summed E-state index contributed by atoms with van der Waals surface area (Å²) in [5, 5.41) is 10.5. The molecular weight excluding hydrogens is 178 g/mol. The summed E-state index contributed by atoms with van der Waals surface area (Å²) in [7, 11) is 0. The van der Waals surface area contributed by atoms with Crippen molar-refractivity contribution in [2.45, 2.75) is 6.92 Å². The molecule has 2 heterocycles. The third kappa shape index (κ3) is 0.814. The molecule has 0 aromatic carbocycles. The third-order valence-electron chi connectivity index (χ3n) is 1.54. The molecule has 2 rings (SSSR count). The zero-order valence-electron chi connectivity index (χ0n) is 6.18. The molecule has 0 amide bonds. The van der Waals surface area contributed by atoms with Crippen LogP contribution in [0.25, 0.3) is 11.2 Å². The van der Waals surface area contributed by atoms with Crippen LogP contribution in [0.15, 0.2) is 5.38 Å². The lowest BCUT2D eigenvalue weighted by molar-refractivity contribution is 0.196. The Balaban J connectivity index is 2.84. The van der Waals surface area contributed by atoms with Crippen LogP contribution in [0, 0.1) is 6.92 Å². The minimum absolute atomic E-state index is 0.421. The maximum absolute atomic E-state index is 10.7. The molecule has 0 fully saturated rings. The second kappa shape index (κ2) is 2.28. The molecule has 62 valence electrons. The van der Waals surface area contributed by atoms with Gasteiger partial charge in [0, 0.05) is 5.38 Å². The zero-order valence-corrected chi connectivity index (χ0v) is 7.00. The summed E-state index contributed by atoms with van der Waals surface area (Å²) in [6, 6.07) is 0. The van der Waals surface area contributed by atoms with Crippen LogP contribution >= 0.6 is 11.5 Å². The van der Waals surface area contributed by atoms with E-state index in [1.54, 1.807) is 12.3 Å². The van der Waals surface area contributed by atoms with Gasteiger partial charge in [0.15, 0.2) is 5.65 Å². The van der Waals surface area contributed by atoms with Crippen LogP contribution in [0.4, 0.5) is 4.79 Å². The van der Waals surface area contributed by atoms with E-state index in [9.17, 15) is 4.79 Å². The van der Waals surface area contributed by atoms with Gasteiger partial charge in [-0.1, -0.05) is 0 Å². The highest BCUT2D eigenvalue weighted by Crippen LogP contribution is 2.15. The van der Waals surface area contributed by atoms with E-state index in [2.05, 4.69) is 9.36 Å². The highest BCUT2D eigenvalue weighted by Gasteiger charge is 2.14. The minimum atomic E-state index is -1.04. The Morgan fingerprint density at radius 2 is 2.50 bits per heavy atom. The van der Waals surface area contributed by atoms with Crippen LogP contribution in [0.5, 0.6) is 0 Å². The molecule has 2 aromatic heterocycles. The lowest BCUT2D eigenvalue weighted by atomic mass is 10.6. The molecule has 6 heteroatoms. The smallest absolute Gasteiger partial charge is 0.418 e. The van der Waals surface area contributed by atoms with Crippen molar-refractivity contribution in [1.29, 1.82) is 0 Å². The van der Waals surface area contributed by atoms with Gasteiger partial charge >= 0.3 is 6.09 Å². The molecule has 12 heavy (non-hydrogen) atoms. The van der Waals surface area contributed by atoms with Crippen molar-refractivity contribution >= 4 is 28.8 Å². The number of aromatic nitrogens is 3. The van der Waals surface area contributed by atoms with E-state index in [1.807, 2.05) is 0 Å². The second-order valence-electron chi connectivity index (χ2n) is 2.30. The molecule has 0 unspecified atom stereocenters. The van der Waals surface area contributed by atoms with Gasteiger partial charge in [-0.25, -0.2) is 14.3 Å². The Kier molecular flexibility index (Phi) is 1.37. The average molecular weight is 183 g/mol. The standard InChI is InChI=1S/C6H5N3O2S/c1-3-7-4-2-12-8-5(4)9(3)6(10)11/h2H,1H3,(H,10,11). The third-order valence-corrected chi connectivity index (χ3v) is 2.15. The van der Waals surface area contributed by atoms with E-state index in [1.165, 1.54) is 11.5 Å². The Bertz CT molecular complexity index is 445. The number of hydrogen-bond acceptors (Lipinski definition) is 4. The number of fused-ring (bicyclic) bond motifs is 1. The first-order valence-corrected chi connectivity index (χ1v) is 4.06. The van der Waals surface area contributed by atoms with Crippen molar-refractivity contribution in [2.24, 2.45) is 0 Å². The summed E-state index contributed by atoms with van der Waals surface area (Å²) in [6.45, 7) is 1.64. The van der Waals surface area contributed by atoms with Crippen molar-refractivity contribution in [2.75, 3.05) is 0 Å². The molecule has 0 radical (unpaired) electrons. The summed E-state index contributed by atoms with van der Waals surface area (Å²) >= 11 is 1.20. The first-order chi connectivity index (χ1) is 5.70. The minimum Gasteiger partial charge on any atom is -0.464 e. The Morgan fingerprint density at radius 1 is 1.75 bits per heavy atom. The van der Waals surface area contributed by atoms with Crippen LogP contribution < -0.4 is 0 Å². The average Bonchev–Trinajstić information content (AvgIpc) is 2.44. The summed E-state index contributed by atoms with van der Waals surface area (Å²) < 4.78 is 5.00. The fourth-order valence-electron chi connectivity index (χ4n) is 1.06. The monoisotopic (exact) mass is 183 g/mol. The van der Waals surface area contributed by atoms with Crippen molar-refractivity contribution < 1.29 is 9.90 Å². The highest BCUT2D eigenvalue weighted by atomic mass is 32.1. The topological polar surface area (TPSA) is 68.0 Å². The van der Waals surface area contributed by atoms with Gasteiger partial charge < -0.3 is 5.11 Å².